The van der Waals surface area contributed by atoms with Gasteiger partial charge in [-0.1, -0.05) is 24.3 Å². The summed E-state index contributed by atoms with van der Waals surface area (Å²) in [6, 6.07) is 19.1. The lowest BCUT2D eigenvalue weighted by molar-refractivity contribution is 0.102. The molecule has 1 heterocycles. The van der Waals surface area contributed by atoms with Gasteiger partial charge in [-0.05, 0) is 55.0 Å². The summed E-state index contributed by atoms with van der Waals surface area (Å²) in [5.74, 6) is 0.558. The Bertz CT molecular complexity index is 1500. The molecule has 0 saturated carbocycles. The summed E-state index contributed by atoms with van der Waals surface area (Å²) in [4.78, 5) is 13.3. The first-order chi connectivity index (χ1) is 16.7. The average Bonchev–Trinajstić information content (AvgIpc) is 3.30. The van der Waals surface area contributed by atoms with Crippen LogP contribution in [-0.4, -0.2) is 38.3 Å². The van der Waals surface area contributed by atoms with E-state index in [1.807, 2.05) is 30.3 Å². The molecular weight excluding hydrogens is 468 g/mol. The van der Waals surface area contributed by atoms with Crippen molar-refractivity contribution in [1.29, 1.82) is 0 Å². The lowest BCUT2D eigenvalue weighted by Gasteiger charge is -2.10. The van der Waals surface area contributed by atoms with E-state index in [0.717, 1.165) is 5.69 Å². The number of aryl methyl sites for hydroxylation is 1. The van der Waals surface area contributed by atoms with Crippen molar-refractivity contribution in [2.75, 3.05) is 19.5 Å². The molecule has 10 heteroatoms. The van der Waals surface area contributed by atoms with Gasteiger partial charge in [-0.2, -0.15) is 5.10 Å². The molecule has 0 bridgehead atoms. The average molecular weight is 493 g/mol. The number of benzene rings is 3. The number of nitrogens with two attached hydrogens (primary N) is 1. The molecule has 1 amide bonds. The van der Waals surface area contributed by atoms with Crippen molar-refractivity contribution in [3.05, 3.63) is 84.1 Å². The van der Waals surface area contributed by atoms with E-state index >= 15 is 0 Å². The quantitative estimate of drug-likeness (QED) is 0.405. The zero-order valence-corrected chi connectivity index (χ0v) is 20.2. The van der Waals surface area contributed by atoms with E-state index in [0.29, 0.717) is 28.3 Å². The van der Waals surface area contributed by atoms with E-state index in [2.05, 4.69) is 10.4 Å². The van der Waals surface area contributed by atoms with E-state index in [1.54, 1.807) is 48.1 Å². The van der Waals surface area contributed by atoms with Crippen LogP contribution in [0.15, 0.2) is 77.8 Å². The third kappa shape index (κ3) is 5.03. The predicted molar refractivity (Wildman–Crippen MR) is 133 cm³/mol. The summed E-state index contributed by atoms with van der Waals surface area (Å²) in [5.41, 5.74) is 2.85. The van der Waals surface area contributed by atoms with Gasteiger partial charge in [-0.3, -0.25) is 4.79 Å². The normalized spacial score (nSPS) is 11.2. The number of rotatable bonds is 7. The molecule has 0 atom stereocenters. The van der Waals surface area contributed by atoms with Crippen molar-refractivity contribution in [2.45, 2.75) is 11.8 Å². The van der Waals surface area contributed by atoms with Crippen molar-refractivity contribution >= 4 is 21.6 Å². The Labute approximate surface area is 203 Å². The van der Waals surface area contributed by atoms with Crippen LogP contribution in [-0.2, 0) is 10.0 Å². The first-order valence-corrected chi connectivity index (χ1v) is 12.1. The number of carbonyl (C=O) groups excluding carboxylic acids is 1. The van der Waals surface area contributed by atoms with Crippen LogP contribution in [0.25, 0.3) is 16.9 Å². The molecule has 35 heavy (non-hydrogen) atoms. The van der Waals surface area contributed by atoms with Crippen LogP contribution in [0.3, 0.4) is 0 Å². The molecule has 0 aliphatic carbocycles. The van der Waals surface area contributed by atoms with Gasteiger partial charge < -0.3 is 14.8 Å². The lowest BCUT2D eigenvalue weighted by atomic mass is 10.1. The molecule has 0 radical (unpaired) electrons. The Morgan fingerprint density at radius 1 is 0.971 bits per heavy atom. The number of para-hydroxylation sites is 1. The largest absolute Gasteiger partial charge is 0.493 e. The monoisotopic (exact) mass is 492 g/mol. The van der Waals surface area contributed by atoms with Crippen LogP contribution >= 0.6 is 0 Å². The summed E-state index contributed by atoms with van der Waals surface area (Å²) in [6.45, 7) is 1.63. The molecule has 0 aliphatic rings. The Morgan fingerprint density at radius 3 is 2.34 bits per heavy atom. The highest BCUT2D eigenvalue weighted by atomic mass is 32.2. The minimum absolute atomic E-state index is 0.0598. The summed E-state index contributed by atoms with van der Waals surface area (Å²) < 4.78 is 36.1. The molecule has 4 aromatic rings. The van der Waals surface area contributed by atoms with Gasteiger partial charge in [-0.25, -0.2) is 18.2 Å². The zero-order chi connectivity index (χ0) is 25.2. The number of sulfonamides is 1. The van der Waals surface area contributed by atoms with Crippen molar-refractivity contribution in [3.8, 4) is 28.4 Å². The maximum Gasteiger partial charge on any atom is 0.259 e. The maximum absolute atomic E-state index is 13.4. The third-order valence-corrected chi connectivity index (χ3v) is 6.44. The van der Waals surface area contributed by atoms with E-state index < -0.39 is 15.9 Å². The Balaban J connectivity index is 1.79. The van der Waals surface area contributed by atoms with E-state index in [9.17, 15) is 13.2 Å². The summed E-state index contributed by atoms with van der Waals surface area (Å²) in [6.07, 6.45) is 1.62. The second-order valence-electron chi connectivity index (χ2n) is 7.72. The fourth-order valence-electron chi connectivity index (χ4n) is 3.63. The molecule has 0 spiro atoms. The van der Waals surface area contributed by atoms with E-state index in [4.69, 9.17) is 14.6 Å². The molecule has 3 N–H and O–H groups in total. The molecule has 0 unspecified atom stereocenters. The Kier molecular flexibility index (Phi) is 6.59. The predicted octanol–water partition coefficient (Wildman–Crippen LogP) is 3.76. The molecule has 4 rings (SSSR count). The second-order valence-corrected chi connectivity index (χ2v) is 9.25. The molecule has 3 aromatic carbocycles. The third-order valence-electron chi connectivity index (χ3n) is 5.39. The van der Waals surface area contributed by atoms with Gasteiger partial charge in [-0.15, -0.1) is 0 Å². The number of carbonyl (C=O) groups is 1. The van der Waals surface area contributed by atoms with Crippen LogP contribution in [0, 0.1) is 6.92 Å². The minimum atomic E-state index is -3.95. The van der Waals surface area contributed by atoms with Gasteiger partial charge in [0.05, 0.1) is 30.4 Å². The number of anilines is 1. The maximum atomic E-state index is 13.4. The molecular formula is C25H24N4O5S. The number of nitrogens with zero attached hydrogens (tertiary/aromatic N) is 2. The molecule has 1 aromatic heterocycles. The van der Waals surface area contributed by atoms with Crippen LogP contribution in [0.2, 0.25) is 0 Å². The Morgan fingerprint density at radius 2 is 1.69 bits per heavy atom. The summed E-state index contributed by atoms with van der Waals surface area (Å²) in [7, 11) is -0.882. The van der Waals surface area contributed by atoms with Gasteiger partial charge in [0, 0.05) is 17.4 Å². The number of methoxy groups -OCH3 is 2. The van der Waals surface area contributed by atoms with Gasteiger partial charge in [0.15, 0.2) is 11.5 Å². The topological polar surface area (TPSA) is 126 Å². The van der Waals surface area contributed by atoms with Crippen molar-refractivity contribution < 1.29 is 22.7 Å². The highest BCUT2D eigenvalue weighted by Gasteiger charge is 2.21. The SMILES string of the molecule is COc1ccc(-c2nn(-c3ccccc3)cc2C(=O)Nc2ccc(C)c(S(N)(=O)=O)c2)cc1OC. The molecule has 9 nitrogen and oxygen atoms in total. The van der Waals surface area contributed by atoms with Crippen LogP contribution in [0.5, 0.6) is 11.5 Å². The van der Waals surface area contributed by atoms with Crippen molar-refractivity contribution in [2.24, 2.45) is 5.14 Å². The smallest absolute Gasteiger partial charge is 0.259 e. The Hall–Kier alpha value is -4.15. The zero-order valence-electron chi connectivity index (χ0n) is 19.3. The number of ether oxygens (including phenoxy) is 2. The lowest BCUT2D eigenvalue weighted by Crippen LogP contribution is -2.16. The fraction of sp³-hybridized carbons (Fsp3) is 0.120. The highest BCUT2D eigenvalue weighted by molar-refractivity contribution is 7.89. The van der Waals surface area contributed by atoms with Gasteiger partial charge >= 0.3 is 0 Å². The summed E-state index contributed by atoms with van der Waals surface area (Å²) >= 11 is 0. The standard InChI is InChI=1S/C25H24N4O5S/c1-16-9-11-18(14-23(16)35(26,31)32)27-25(30)20-15-29(19-7-5-4-6-8-19)28-24(20)17-10-12-21(33-2)22(13-17)34-3/h4-15H,1-3H3,(H,27,30)(H2,26,31,32). The van der Waals surface area contributed by atoms with Gasteiger partial charge in [0.2, 0.25) is 10.0 Å². The number of hydrogen-bond acceptors (Lipinski definition) is 6. The molecule has 180 valence electrons. The van der Waals surface area contributed by atoms with Crippen molar-refractivity contribution in [1.82, 2.24) is 9.78 Å². The molecule has 0 aliphatic heterocycles. The van der Waals surface area contributed by atoms with Crippen molar-refractivity contribution in [3.63, 3.8) is 0 Å². The van der Waals surface area contributed by atoms with Gasteiger partial charge in [0.25, 0.3) is 5.91 Å². The minimum Gasteiger partial charge on any atom is -0.493 e. The fourth-order valence-corrected chi connectivity index (χ4v) is 4.44. The first-order valence-electron chi connectivity index (χ1n) is 10.5. The van der Waals surface area contributed by atoms with Crippen LogP contribution in [0.1, 0.15) is 15.9 Å². The molecule has 0 saturated heterocycles. The number of amides is 1. The van der Waals surface area contributed by atoms with Crippen LogP contribution in [0.4, 0.5) is 5.69 Å². The van der Waals surface area contributed by atoms with Gasteiger partial charge in [0.1, 0.15) is 5.69 Å². The number of hydrogen-bond donors (Lipinski definition) is 2. The highest BCUT2D eigenvalue weighted by Crippen LogP contribution is 2.34. The number of primary sulfonamides is 1. The summed E-state index contributed by atoms with van der Waals surface area (Å²) in [5, 5.41) is 12.7. The van der Waals surface area contributed by atoms with E-state index in [1.165, 1.54) is 20.3 Å². The first kappa shape index (κ1) is 24.0. The second kappa shape index (κ2) is 9.61. The molecule has 0 fully saturated rings. The number of aromatic nitrogens is 2. The van der Waals surface area contributed by atoms with Crippen LogP contribution < -0.4 is 19.9 Å². The number of nitrogens with one attached hydrogen (secondary N) is 1. The van der Waals surface area contributed by atoms with E-state index in [-0.39, 0.29) is 16.1 Å².